The van der Waals surface area contributed by atoms with Crippen LogP contribution in [0.3, 0.4) is 0 Å². The van der Waals surface area contributed by atoms with Crippen molar-refractivity contribution in [2.24, 2.45) is 5.92 Å². The van der Waals surface area contributed by atoms with Crippen LogP contribution in [0.15, 0.2) is 54.6 Å². The van der Waals surface area contributed by atoms with Gasteiger partial charge in [0.15, 0.2) is 0 Å². The fourth-order valence-corrected chi connectivity index (χ4v) is 2.87. The van der Waals surface area contributed by atoms with Crippen LogP contribution in [0.4, 0.5) is 0 Å². The van der Waals surface area contributed by atoms with Crippen LogP contribution in [0.1, 0.15) is 37.3 Å². The highest BCUT2D eigenvalue weighted by Crippen LogP contribution is 2.27. The van der Waals surface area contributed by atoms with Crippen LogP contribution in [0.25, 0.3) is 0 Å². The first-order valence-corrected chi connectivity index (χ1v) is 8.61. The van der Waals surface area contributed by atoms with Gasteiger partial charge in [0, 0.05) is 6.54 Å². The summed E-state index contributed by atoms with van der Waals surface area (Å²) in [7, 11) is 1.66. The predicted octanol–water partition coefficient (Wildman–Crippen LogP) is 4.18. The lowest BCUT2D eigenvalue weighted by Gasteiger charge is -2.22. The van der Waals surface area contributed by atoms with Crippen molar-refractivity contribution in [3.8, 4) is 5.75 Å². The number of hydrogen-bond acceptors (Lipinski definition) is 2. The molecule has 0 heterocycles. The van der Waals surface area contributed by atoms with Gasteiger partial charge in [-0.05, 0) is 35.6 Å². The summed E-state index contributed by atoms with van der Waals surface area (Å²) in [4.78, 5) is 12.7. The van der Waals surface area contributed by atoms with Crippen LogP contribution in [0.5, 0.6) is 5.75 Å². The first-order chi connectivity index (χ1) is 11.7. The van der Waals surface area contributed by atoms with E-state index in [1.54, 1.807) is 7.11 Å². The molecule has 0 spiro atoms. The quantitative estimate of drug-likeness (QED) is 0.790. The number of benzene rings is 2. The molecule has 0 saturated heterocycles. The maximum atomic E-state index is 12.7. The molecule has 3 heteroatoms. The van der Waals surface area contributed by atoms with Crippen LogP contribution in [-0.4, -0.2) is 19.6 Å². The third-order valence-electron chi connectivity index (χ3n) is 4.53. The van der Waals surface area contributed by atoms with E-state index in [0.717, 1.165) is 24.2 Å². The van der Waals surface area contributed by atoms with E-state index >= 15 is 0 Å². The first-order valence-electron chi connectivity index (χ1n) is 8.61. The van der Waals surface area contributed by atoms with Crippen molar-refractivity contribution in [2.75, 3.05) is 13.7 Å². The first kappa shape index (κ1) is 18.1. The summed E-state index contributed by atoms with van der Waals surface area (Å²) in [6, 6.07) is 18.0. The van der Waals surface area contributed by atoms with Crippen LogP contribution >= 0.6 is 0 Å². The van der Waals surface area contributed by atoms with Crippen LogP contribution in [0, 0.1) is 5.92 Å². The van der Waals surface area contributed by atoms with Crippen molar-refractivity contribution >= 4 is 5.91 Å². The largest absolute Gasteiger partial charge is 0.497 e. The molecule has 128 valence electrons. The van der Waals surface area contributed by atoms with Gasteiger partial charge in [-0.2, -0.15) is 0 Å². The standard InChI is InChI=1S/C21H27NO2/c1-4-16(2)20(18-8-6-5-7-9-18)21(23)22-15-14-17-10-12-19(24-3)13-11-17/h5-13,16,20H,4,14-15H2,1-3H3,(H,22,23). The van der Waals surface area contributed by atoms with E-state index in [9.17, 15) is 4.79 Å². The number of rotatable bonds is 8. The molecule has 0 aliphatic rings. The Morgan fingerprint density at radius 1 is 1.08 bits per heavy atom. The summed E-state index contributed by atoms with van der Waals surface area (Å²) in [5.41, 5.74) is 2.28. The zero-order valence-electron chi connectivity index (χ0n) is 14.8. The monoisotopic (exact) mass is 325 g/mol. The van der Waals surface area contributed by atoms with Gasteiger partial charge in [0.05, 0.1) is 13.0 Å². The molecule has 3 nitrogen and oxygen atoms in total. The summed E-state index contributed by atoms with van der Waals surface area (Å²) in [5, 5.41) is 3.10. The molecule has 0 radical (unpaired) electrons. The van der Waals surface area contributed by atoms with Gasteiger partial charge in [0.1, 0.15) is 5.75 Å². The van der Waals surface area contributed by atoms with Crippen LogP contribution in [-0.2, 0) is 11.2 Å². The van der Waals surface area contributed by atoms with Crippen LogP contribution in [0.2, 0.25) is 0 Å². The summed E-state index contributed by atoms with van der Waals surface area (Å²) in [6.45, 7) is 4.91. The third-order valence-corrected chi connectivity index (χ3v) is 4.53. The van der Waals surface area contributed by atoms with E-state index in [2.05, 4.69) is 19.2 Å². The Kier molecular flexibility index (Phi) is 6.86. The fraction of sp³-hybridized carbons (Fsp3) is 0.381. The van der Waals surface area contributed by atoms with Crippen molar-refractivity contribution in [1.82, 2.24) is 5.32 Å². The average molecular weight is 325 g/mol. The van der Waals surface area contributed by atoms with Crippen LogP contribution < -0.4 is 10.1 Å². The van der Waals surface area contributed by atoms with E-state index in [4.69, 9.17) is 4.74 Å². The molecule has 1 amide bonds. The molecule has 0 saturated carbocycles. The van der Waals surface area contributed by atoms with Crippen molar-refractivity contribution in [3.05, 3.63) is 65.7 Å². The van der Waals surface area contributed by atoms with Gasteiger partial charge in [-0.1, -0.05) is 62.7 Å². The number of carbonyl (C=O) groups is 1. The van der Waals surface area contributed by atoms with E-state index in [0.29, 0.717) is 12.5 Å². The Bertz CT molecular complexity index is 622. The second-order valence-corrected chi connectivity index (χ2v) is 6.16. The highest BCUT2D eigenvalue weighted by atomic mass is 16.5. The van der Waals surface area contributed by atoms with Crippen molar-refractivity contribution < 1.29 is 9.53 Å². The molecule has 2 atom stereocenters. The topological polar surface area (TPSA) is 38.3 Å². The molecule has 2 aromatic rings. The highest BCUT2D eigenvalue weighted by Gasteiger charge is 2.25. The number of carbonyl (C=O) groups excluding carboxylic acids is 1. The Balaban J connectivity index is 1.95. The average Bonchev–Trinajstić information content (AvgIpc) is 2.63. The van der Waals surface area contributed by atoms with Crippen molar-refractivity contribution in [1.29, 1.82) is 0 Å². The molecule has 0 aliphatic heterocycles. The lowest BCUT2D eigenvalue weighted by atomic mass is 9.85. The summed E-state index contributed by atoms with van der Waals surface area (Å²) < 4.78 is 5.16. The van der Waals surface area contributed by atoms with Gasteiger partial charge in [-0.15, -0.1) is 0 Å². The fourth-order valence-electron chi connectivity index (χ4n) is 2.87. The van der Waals surface area contributed by atoms with Gasteiger partial charge in [0.25, 0.3) is 0 Å². The Morgan fingerprint density at radius 2 is 1.75 bits per heavy atom. The summed E-state index contributed by atoms with van der Waals surface area (Å²) >= 11 is 0. The maximum absolute atomic E-state index is 12.7. The highest BCUT2D eigenvalue weighted by molar-refractivity contribution is 5.83. The SMILES string of the molecule is CCC(C)C(C(=O)NCCc1ccc(OC)cc1)c1ccccc1. The molecular formula is C21H27NO2. The summed E-state index contributed by atoms with van der Waals surface area (Å²) in [6.07, 6.45) is 1.79. The number of nitrogens with one attached hydrogen (secondary N) is 1. The van der Waals surface area contributed by atoms with Gasteiger partial charge in [-0.3, -0.25) is 4.79 Å². The third kappa shape index (κ3) is 4.85. The summed E-state index contributed by atoms with van der Waals surface area (Å²) in [5.74, 6) is 1.19. The second-order valence-electron chi connectivity index (χ2n) is 6.16. The Morgan fingerprint density at radius 3 is 2.33 bits per heavy atom. The minimum atomic E-state index is -0.0907. The number of amides is 1. The molecule has 0 aromatic heterocycles. The normalized spacial score (nSPS) is 13.1. The van der Waals surface area contributed by atoms with E-state index in [1.807, 2.05) is 54.6 Å². The zero-order valence-corrected chi connectivity index (χ0v) is 14.8. The van der Waals surface area contributed by atoms with E-state index < -0.39 is 0 Å². The zero-order chi connectivity index (χ0) is 17.4. The smallest absolute Gasteiger partial charge is 0.227 e. The predicted molar refractivity (Wildman–Crippen MR) is 98.3 cm³/mol. The molecule has 0 bridgehead atoms. The molecule has 24 heavy (non-hydrogen) atoms. The number of methoxy groups -OCH3 is 1. The van der Waals surface area contributed by atoms with E-state index in [-0.39, 0.29) is 11.8 Å². The van der Waals surface area contributed by atoms with E-state index in [1.165, 1.54) is 5.56 Å². The lowest BCUT2D eigenvalue weighted by molar-refractivity contribution is -0.123. The van der Waals surface area contributed by atoms with Gasteiger partial charge >= 0.3 is 0 Å². The molecule has 2 unspecified atom stereocenters. The van der Waals surface area contributed by atoms with Gasteiger partial charge in [-0.25, -0.2) is 0 Å². The number of hydrogen-bond donors (Lipinski definition) is 1. The molecule has 0 aliphatic carbocycles. The van der Waals surface area contributed by atoms with Crippen molar-refractivity contribution in [3.63, 3.8) is 0 Å². The molecule has 1 N–H and O–H groups in total. The molecule has 0 fully saturated rings. The molecule has 2 rings (SSSR count). The Labute approximate surface area is 145 Å². The minimum Gasteiger partial charge on any atom is -0.497 e. The lowest BCUT2D eigenvalue weighted by Crippen LogP contribution is -2.34. The van der Waals surface area contributed by atoms with Gasteiger partial charge in [0.2, 0.25) is 5.91 Å². The minimum absolute atomic E-state index is 0.0907. The maximum Gasteiger partial charge on any atom is 0.227 e. The molecular weight excluding hydrogens is 298 g/mol. The second kappa shape index (κ2) is 9.11. The number of ether oxygens (including phenoxy) is 1. The molecule has 2 aromatic carbocycles. The Hall–Kier alpha value is -2.29. The van der Waals surface area contributed by atoms with Gasteiger partial charge < -0.3 is 10.1 Å². The van der Waals surface area contributed by atoms with Crippen molar-refractivity contribution in [2.45, 2.75) is 32.6 Å².